The molecule has 0 aliphatic heterocycles. The Kier molecular flexibility index (Phi) is 18.6. The highest BCUT2D eigenvalue weighted by molar-refractivity contribution is 5.89. The van der Waals surface area contributed by atoms with Crippen molar-refractivity contribution in [2.24, 2.45) is 17.2 Å². The summed E-state index contributed by atoms with van der Waals surface area (Å²) in [6.07, 6.45) is 7.88. The first-order chi connectivity index (χ1) is 17.6. The minimum absolute atomic E-state index is 0.112. The summed E-state index contributed by atoms with van der Waals surface area (Å²) in [6.45, 7) is 1.76. The third kappa shape index (κ3) is 19.3. The first-order valence-corrected chi connectivity index (χ1v) is 12.1. The van der Waals surface area contributed by atoms with Crippen molar-refractivity contribution in [1.29, 1.82) is 0 Å². The number of benzene rings is 2. The van der Waals surface area contributed by atoms with E-state index in [4.69, 9.17) is 27.4 Å². The van der Waals surface area contributed by atoms with Crippen LogP contribution in [-0.4, -0.2) is 53.0 Å². The molecule has 1 saturated carbocycles. The van der Waals surface area contributed by atoms with Crippen LogP contribution >= 0.6 is 0 Å². The molecule has 0 unspecified atom stereocenters. The van der Waals surface area contributed by atoms with Crippen LogP contribution in [-0.2, 0) is 20.8 Å². The molecule has 2 aromatic carbocycles. The van der Waals surface area contributed by atoms with Crippen molar-refractivity contribution in [3.63, 3.8) is 0 Å². The molecule has 2 aromatic rings. The molecule has 9 N–H and O–H groups in total. The molecule has 10 nitrogen and oxygen atoms in total. The Morgan fingerprint density at radius 3 is 1.92 bits per heavy atom. The third-order valence-electron chi connectivity index (χ3n) is 5.01. The van der Waals surface area contributed by atoms with Gasteiger partial charge in [0.1, 0.15) is 12.3 Å². The van der Waals surface area contributed by atoms with Crippen LogP contribution in [0, 0.1) is 0 Å². The molecule has 1 amide bonds. The molecule has 1 atom stereocenters. The molecular formula is C27H40N4O6. The molecule has 0 heterocycles. The maximum atomic E-state index is 10.6. The van der Waals surface area contributed by atoms with Gasteiger partial charge in [-0.25, -0.2) is 0 Å². The van der Waals surface area contributed by atoms with E-state index in [9.17, 15) is 19.2 Å². The average Bonchev–Trinajstić information content (AvgIpc) is 2.86. The number of amides is 1. The summed E-state index contributed by atoms with van der Waals surface area (Å²) in [7, 11) is 0. The van der Waals surface area contributed by atoms with Crippen LogP contribution in [0.3, 0.4) is 0 Å². The zero-order chi connectivity index (χ0) is 28.1. The number of hydrogen-bond acceptors (Lipinski definition) is 7. The number of hydrogen-bond donors (Lipinski definition) is 6. The van der Waals surface area contributed by atoms with Crippen LogP contribution < -0.4 is 22.5 Å². The van der Waals surface area contributed by atoms with Crippen molar-refractivity contribution < 1.29 is 29.4 Å². The number of rotatable bonds is 7. The van der Waals surface area contributed by atoms with Crippen molar-refractivity contribution >= 4 is 29.8 Å². The van der Waals surface area contributed by atoms with Gasteiger partial charge in [-0.3, -0.25) is 19.2 Å². The average molecular weight is 517 g/mol. The zero-order valence-electron chi connectivity index (χ0n) is 21.3. The summed E-state index contributed by atoms with van der Waals surface area (Å²) in [5.74, 6) is -1.89. The van der Waals surface area contributed by atoms with E-state index in [0.717, 1.165) is 11.8 Å². The Morgan fingerprint density at radius 2 is 1.57 bits per heavy atom. The SMILES string of the molecule is CC(=O)Nc1ccc(C=O)cc1.NC1CCCCC1.NCC[C@H](N)C(=O)O.O=C(O)Cc1ccccc1. The van der Waals surface area contributed by atoms with E-state index in [1.54, 1.807) is 36.4 Å². The van der Waals surface area contributed by atoms with Gasteiger partial charge in [-0.2, -0.15) is 0 Å². The predicted octanol–water partition coefficient (Wildman–Crippen LogP) is 2.80. The number of anilines is 1. The number of aldehydes is 1. The van der Waals surface area contributed by atoms with Gasteiger partial charge in [-0.05, 0) is 55.6 Å². The predicted molar refractivity (Wildman–Crippen MR) is 144 cm³/mol. The van der Waals surface area contributed by atoms with Crippen molar-refractivity contribution in [2.45, 2.75) is 64.0 Å². The van der Waals surface area contributed by atoms with Crippen molar-refractivity contribution in [3.8, 4) is 0 Å². The number of carbonyl (C=O) groups excluding carboxylic acids is 2. The van der Waals surface area contributed by atoms with Gasteiger partial charge in [-0.1, -0.05) is 49.6 Å². The van der Waals surface area contributed by atoms with Gasteiger partial charge < -0.3 is 32.7 Å². The quantitative estimate of drug-likeness (QED) is 0.299. The molecule has 0 saturated heterocycles. The molecule has 204 valence electrons. The smallest absolute Gasteiger partial charge is 0.320 e. The standard InChI is InChI=1S/C9H9NO2.C8H8O2.C6H13N.C4H10N2O2/c1-7(12)10-9-4-2-8(6-11)3-5-9;9-8(10)6-7-4-2-1-3-5-7;7-6-4-2-1-3-5-6;5-2-1-3(6)4(7)8/h2-6H,1H3,(H,10,12);1-5H,6H2,(H,9,10);6H,1-5,7H2;3H,1-2,5-6H2,(H,7,8)/t;;;3-/m...0/s1. The lowest BCUT2D eigenvalue weighted by Gasteiger charge is -2.15. The van der Waals surface area contributed by atoms with Crippen molar-refractivity contribution in [1.82, 2.24) is 0 Å². The second-order valence-corrected chi connectivity index (χ2v) is 8.40. The van der Waals surface area contributed by atoms with E-state index >= 15 is 0 Å². The van der Waals surface area contributed by atoms with Crippen LogP contribution in [0.25, 0.3) is 0 Å². The lowest BCUT2D eigenvalue weighted by Crippen LogP contribution is -2.32. The Morgan fingerprint density at radius 1 is 1.00 bits per heavy atom. The van der Waals surface area contributed by atoms with Crippen molar-refractivity contribution in [3.05, 3.63) is 65.7 Å². The summed E-state index contributed by atoms with van der Waals surface area (Å²) in [6, 6.07) is 15.5. The van der Waals surface area contributed by atoms with E-state index in [2.05, 4.69) is 5.32 Å². The lowest BCUT2D eigenvalue weighted by atomic mass is 9.97. The van der Waals surface area contributed by atoms with Gasteiger partial charge in [0.2, 0.25) is 5.91 Å². The summed E-state index contributed by atoms with van der Waals surface area (Å²) < 4.78 is 0. The number of aliphatic carboxylic acids is 2. The first-order valence-electron chi connectivity index (χ1n) is 12.1. The molecular weight excluding hydrogens is 476 g/mol. The second-order valence-electron chi connectivity index (χ2n) is 8.40. The Hall–Kier alpha value is -3.60. The molecule has 0 bridgehead atoms. The van der Waals surface area contributed by atoms with E-state index in [-0.39, 0.29) is 12.3 Å². The molecule has 1 aliphatic rings. The minimum atomic E-state index is -0.990. The molecule has 37 heavy (non-hydrogen) atoms. The van der Waals surface area contributed by atoms with Gasteiger partial charge in [0, 0.05) is 24.2 Å². The number of nitrogens with two attached hydrogens (primary N) is 3. The minimum Gasteiger partial charge on any atom is -0.481 e. The van der Waals surface area contributed by atoms with Crippen LogP contribution in [0.1, 0.15) is 61.4 Å². The van der Waals surface area contributed by atoms with Gasteiger partial charge >= 0.3 is 11.9 Å². The Labute approximate surface area is 218 Å². The molecule has 0 aromatic heterocycles. The molecule has 0 radical (unpaired) electrons. The third-order valence-corrected chi connectivity index (χ3v) is 5.01. The summed E-state index contributed by atoms with van der Waals surface area (Å²) in [5, 5.41) is 19.1. The second kappa shape index (κ2) is 20.6. The maximum Gasteiger partial charge on any atom is 0.320 e. The largest absolute Gasteiger partial charge is 0.481 e. The zero-order valence-corrected chi connectivity index (χ0v) is 21.3. The van der Waals surface area contributed by atoms with E-state index in [1.807, 2.05) is 18.2 Å². The fourth-order valence-electron chi connectivity index (χ4n) is 3.06. The fraction of sp³-hybridized carbons (Fsp3) is 0.407. The van der Waals surface area contributed by atoms with Crippen LogP contribution in [0.15, 0.2) is 54.6 Å². The highest BCUT2D eigenvalue weighted by Gasteiger charge is 2.08. The maximum absolute atomic E-state index is 10.6. The monoisotopic (exact) mass is 516 g/mol. The van der Waals surface area contributed by atoms with Gasteiger partial charge in [0.25, 0.3) is 0 Å². The summed E-state index contributed by atoms with van der Waals surface area (Å²) >= 11 is 0. The molecule has 0 spiro atoms. The van der Waals surface area contributed by atoms with Gasteiger partial charge in [0.05, 0.1) is 6.42 Å². The molecule has 10 heteroatoms. The van der Waals surface area contributed by atoms with Gasteiger partial charge in [0.15, 0.2) is 0 Å². The fourth-order valence-corrected chi connectivity index (χ4v) is 3.06. The molecule has 3 rings (SSSR count). The Balaban J connectivity index is 0.000000477. The number of carboxylic acids is 2. The normalized spacial score (nSPS) is 13.1. The highest BCUT2D eigenvalue weighted by atomic mass is 16.4. The number of carbonyl (C=O) groups is 4. The van der Waals surface area contributed by atoms with E-state index in [0.29, 0.717) is 30.3 Å². The Bertz CT molecular complexity index is 916. The highest BCUT2D eigenvalue weighted by Crippen LogP contribution is 2.14. The van der Waals surface area contributed by atoms with Crippen LogP contribution in [0.4, 0.5) is 5.69 Å². The number of nitrogens with one attached hydrogen (secondary N) is 1. The summed E-state index contributed by atoms with van der Waals surface area (Å²) in [4.78, 5) is 40.9. The van der Waals surface area contributed by atoms with Crippen LogP contribution in [0.5, 0.6) is 0 Å². The van der Waals surface area contributed by atoms with E-state index < -0.39 is 18.0 Å². The molecule has 1 fully saturated rings. The number of carboxylic acid groups (broad SMARTS) is 2. The topological polar surface area (TPSA) is 199 Å². The first kappa shape index (κ1) is 33.4. The van der Waals surface area contributed by atoms with Crippen molar-refractivity contribution in [2.75, 3.05) is 11.9 Å². The molecule has 1 aliphatic carbocycles. The lowest BCUT2D eigenvalue weighted by molar-refractivity contribution is -0.139. The van der Waals surface area contributed by atoms with Gasteiger partial charge in [-0.15, -0.1) is 0 Å². The van der Waals surface area contributed by atoms with Crippen LogP contribution in [0.2, 0.25) is 0 Å². The van der Waals surface area contributed by atoms with E-state index in [1.165, 1.54) is 39.0 Å². The summed E-state index contributed by atoms with van der Waals surface area (Å²) in [5.41, 5.74) is 17.9.